The van der Waals surface area contributed by atoms with Gasteiger partial charge in [-0.15, -0.1) is 0 Å². The fourth-order valence-electron chi connectivity index (χ4n) is 1.31. The Kier molecular flexibility index (Phi) is 5.07. The van der Waals surface area contributed by atoms with Gasteiger partial charge < -0.3 is 10.1 Å². The van der Waals surface area contributed by atoms with Crippen molar-refractivity contribution in [2.75, 3.05) is 13.2 Å². The van der Waals surface area contributed by atoms with Crippen LogP contribution in [0.15, 0.2) is 12.1 Å². The number of ether oxygens (including phenoxy) is 1. The van der Waals surface area contributed by atoms with E-state index in [0.29, 0.717) is 6.07 Å². The number of nitro groups is 1. The van der Waals surface area contributed by atoms with E-state index in [1.165, 1.54) is 0 Å². The highest BCUT2D eigenvalue weighted by Gasteiger charge is 2.22. The molecule has 0 fully saturated rings. The number of halogens is 2. The lowest BCUT2D eigenvalue weighted by molar-refractivity contribution is -0.387. The van der Waals surface area contributed by atoms with E-state index in [0.717, 1.165) is 0 Å². The molecule has 0 aromatic heterocycles. The number of hydrogen-bond donors (Lipinski definition) is 1. The van der Waals surface area contributed by atoms with Gasteiger partial charge in [-0.2, -0.15) is 4.39 Å². The number of amides is 1. The summed E-state index contributed by atoms with van der Waals surface area (Å²) >= 11 is 0. The first-order valence-corrected chi connectivity index (χ1v) is 5.44. The number of benzene rings is 1. The maximum Gasteiger partial charge on any atom is 0.325 e. The van der Waals surface area contributed by atoms with Gasteiger partial charge in [0.05, 0.1) is 17.1 Å². The minimum Gasteiger partial charge on any atom is -0.465 e. The predicted octanol–water partition coefficient (Wildman–Crippen LogP) is 1.17. The molecule has 0 radical (unpaired) electrons. The molecule has 7 nitrogen and oxygen atoms in total. The number of hydrogen-bond acceptors (Lipinski definition) is 5. The Morgan fingerprint density at radius 2 is 2.00 bits per heavy atom. The maximum absolute atomic E-state index is 13.4. The lowest BCUT2D eigenvalue weighted by Crippen LogP contribution is -2.31. The minimum atomic E-state index is -1.39. The number of carbonyl (C=O) groups excluding carboxylic acids is 2. The molecule has 0 bridgehead atoms. The van der Waals surface area contributed by atoms with Crippen LogP contribution in [0.2, 0.25) is 0 Å². The first-order valence-electron chi connectivity index (χ1n) is 5.44. The third kappa shape index (κ3) is 3.70. The van der Waals surface area contributed by atoms with Crippen LogP contribution in [-0.2, 0) is 9.53 Å². The highest BCUT2D eigenvalue weighted by Crippen LogP contribution is 2.21. The van der Waals surface area contributed by atoms with Crippen molar-refractivity contribution in [2.45, 2.75) is 6.92 Å². The van der Waals surface area contributed by atoms with Crippen molar-refractivity contribution in [1.82, 2.24) is 5.32 Å². The van der Waals surface area contributed by atoms with Crippen molar-refractivity contribution in [3.8, 4) is 0 Å². The summed E-state index contributed by atoms with van der Waals surface area (Å²) in [6, 6.07) is 0.697. The molecule has 0 saturated heterocycles. The van der Waals surface area contributed by atoms with Crippen molar-refractivity contribution >= 4 is 17.6 Å². The van der Waals surface area contributed by atoms with Gasteiger partial charge in [0.15, 0.2) is 0 Å². The molecular weight excluding hydrogens is 278 g/mol. The van der Waals surface area contributed by atoms with E-state index in [9.17, 15) is 28.5 Å². The first kappa shape index (κ1) is 15.5. The summed E-state index contributed by atoms with van der Waals surface area (Å²) in [7, 11) is 0. The van der Waals surface area contributed by atoms with Crippen LogP contribution in [0, 0.1) is 21.7 Å². The molecule has 1 aromatic carbocycles. The smallest absolute Gasteiger partial charge is 0.325 e. The topological polar surface area (TPSA) is 98.5 Å². The first-order chi connectivity index (χ1) is 9.36. The van der Waals surface area contributed by atoms with Gasteiger partial charge in [-0.05, 0) is 6.92 Å². The fraction of sp³-hybridized carbons (Fsp3) is 0.273. The Bertz CT molecular complexity index is 562. The zero-order valence-electron chi connectivity index (χ0n) is 10.3. The molecule has 0 aliphatic rings. The van der Waals surface area contributed by atoms with Gasteiger partial charge in [-0.25, -0.2) is 4.39 Å². The lowest BCUT2D eigenvalue weighted by Gasteiger charge is -2.06. The van der Waals surface area contributed by atoms with E-state index < -0.39 is 46.2 Å². The fourth-order valence-corrected chi connectivity index (χ4v) is 1.31. The van der Waals surface area contributed by atoms with E-state index in [4.69, 9.17) is 0 Å². The molecule has 9 heteroatoms. The van der Waals surface area contributed by atoms with Gasteiger partial charge in [0.2, 0.25) is 5.82 Å². The summed E-state index contributed by atoms with van der Waals surface area (Å²) in [5, 5.41) is 12.5. The molecule has 0 unspecified atom stereocenters. The average Bonchev–Trinajstić information content (AvgIpc) is 2.36. The van der Waals surface area contributed by atoms with Crippen LogP contribution >= 0.6 is 0 Å². The molecule has 0 aliphatic heterocycles. The number of esters is 1. The highest BCUT2D eigenvalue weighted by molar-refractivity contribution is 5.96. The molecule has 0 heterocycles. The molecule has 0 spiro atoms. The van der Waals surface area contributed by atoms with Gasteiger partial charge in [0.25, 0.3) is 5.91 Å². The molecule has 1 amide bonds. The molecule has 1 N–H and O–H groups in total. The minimum absolute atomic E-state index is 0.102. The lowest BCUT2D eigenvalue weighted by atomic mass is 10.1. The second-order valence-electron chi connectivity index (χ2n) is 3.53. The van der Waals surface area contributed by atoms with Crippen LogP contribution < -0.4 is 5.32 Å². The third-order valence-electron chi connectivity index (χ3n) is 2.18. The number of carbonyl (C=O) groups is 2. The van der Waals surface area contributed by atoms with Gasteiger partial charge in [-0.3, -0.25) is 19.7 Å². The van der Waals surface area contributed by atoms with Crippen LogP contribution in [0.4, 0.5) is 14.5 Å². The number of nitrogens with zero attached hydrogens (tertiary/aromatic N) is 1. The number of nitro benzene ring substituents is 1. The Morgan fingerprint density at radius 3 is 2.55 bits per heavy atom. The Morgan fingerprint density at radius 1 is 1.35 bits per heavy atom. The largest absolute Gasteiger partial charge is 0.465 e. The maximum atomic E-state index is 13.4. The van der Waals surface area contributed by atoms with Gasteiger partial charge in [-0.1, -0.05) is 0 Å². The van der Waals surface area contributed by atoms with Crippen molar-refractivity contribution < 1.29 is 28.0 Å². The summed E-state index contributed by atoms with van der Waals surface area (Å²) in [6.45, 7) is 1.13. The van der Waals surface area contributed by atoms with Crippen LogP contribution in [0.25, 0.3) is 0 Å². The van der Waals surface area contributed by atoms with Crippen molar-refractivity contribution in [1.29, 1.82) is 0 Å². The van der Waals surface area contributed by atoms with E-state index in [-0.39, 0.29) is 12.7 Å². The quantitative estimate of drug-likeness (QED) is 0.498. The van der Waals surface area contributed by atoms with Crippen LogP contribution in [-0.4, -0.2) is 30.0 Å². The monoisotopic (exact) mass is 288 g/mol. The second-order valence-corrected chi connectivity index (χ2v) is 3.53. The van der Waals surface area contributed by atoms with Crippen LogP contribution in [0.3, 0.4) is 0 Å². The highest BCUT2D eigenvalue weighted by atomic mass is 19.1. The predicted molar refractivity (Wildman–Crippen MR) is 62.0 cm³/mol. The van der Waals surface area contributed by atoms with Gasteiger partial charge >= 0.3 is 11.7 Å². The average molecular weight is 288 g/mol. The third-order valence-corrected chi connectivity index (χ3v) is 2.18. The normalized spacial score (nSPS) is 9.95. The molecule has 0 aliphatic carbocycles. The molecular formula is C11H10F2N2O5. The molecule has 0 saturated carbocycles. The van der Waals surface area contributed by atoms with Crippen molar-refractivity contribution in [2.24, 2.45) is 0 Å². The Hall–Kier alpha value is -2.58. The summed E-state index contributed by atoms with van der Waals surface area (Å²) in [4.78, 5) is 32.0. The Labute approximate surface area is 111 Å². The standard InChI is InChI=1S/C11H10F2N2O5/c1-2-20-10(16)5-14-11(17)6-3-9(15(18)19)8(13)4-7(6)12/h3-4H,2,5H2,1H3,(H,14,17). The SMILES string of the molecule is CCOC(=O)CNC(=O)c1cc([N+](=O)[O-])c(F)cc1F. The van der Waals surface area contributed by atoms with Gasteiger partial charge in [0.1, 0.15) is 12.4 Å². The van der Waals surface area contributed by atoms with E-state index in [1.807, 2.05) is 5.32 Å². The molecule has 108 valence electrons. The molecule has 20 heavy (non-hydrogen) atoms. The number of nitrogens with one attached hydrogen (secondary N) is 1. The van der Waals surface area contributed by atoms with Gasteiger partial charge in [0, 0.05) is 12.1 Å². The molecule has 0 atom stereocenters. The zero-order valence-corrected chi connectivity index (χ0v) is 10.3. The summed E-state index contributed by atoms with van der Waals surface area (Å²) in [5.41, 5.74) is -1.77. The van der Waals surface area contributed by atoms with Crippen molar-refractivity contribution in [3.63, 3.8) is 0 Å². The molecule has 1 aromatic rings. The van der Waals surface area contributed by atoms with E-state index >= 15 is 0 Å². The summed E-state index contributed by atoms with van der Waals surface area (Å²) in [6.07, 6.45) is 0. The second kappa shape index (κ2) is 6.55. The van der Waals surface area contributed by atoms with E-state index in [2.05, 4.69) is 4.74 Å². The van der Waals surface area contributed by atoms with Crippen molar-refractivity contribution in [3.05, 3.63) is 39.4 Å². The van der Waals surface area contributed by atoms with Crippen LogP contribution in [0.1, 0.15) is 17.3 Å². The summed E-state index contributed by atoms with van der Waals surface area (Å²) in [5.74, 6) is -4.50. The summed E-state index contributed by atoms with van der Waals surface area (Å²) < 4.78 is 31.0. The zero-order chi connectivity index (χ0) is 15.3. The van der Waals surface area contributed by atoms with Crippen LogP contribution in [0.5, 0.6) is 0 Å². The Balaban J connectivity index is 2.90. The van der Waals surface area contributed by atoms with E-state index in [1.54, 1.807) is 6.92 Å². The molecule has 1 rings (SSSR count). The number of rotatable bonds is 5.